The van der Waals surface area contributed by atoms with Crippen LogP contribution in [0.25, 0.3) is 21.1 Å². The first kappa shape index (κ1) is 67.0. The molecule has 9 rings (SSSR count). The van der Waals surface area contributed by atoms with Gasteiger partial charge in [-0.1, -0.05) is 49.3 Å². The Morgan fingerprint density at radius 1 is 0.733 bits per heavy atom. The van der Waals surface area contributed by atoms with E-state index in [9.17, 15) is 69.3 Å². The van der Waals surface area contributed by atoms with Gasteiger partial charge in [-0.05, 0) is 86.8 Å². The number of β-amino-alcohol motifs (C(OH)–C–C–N with tert-alkyl or cyclic N) is 1. The fourth-order valence-corrected chi connectivity index (χ4v) is 13.3. The zero-order chi connectivity index (χ0) is 64.5. The molecule has 1 aliphatic carbocycles. The molecule has 5 aliphatic rings. The number of ether oxygens (including phenoxy) is 1. The molecule has 28 nitrogen and oxygen atoms in total. The lowest BCUT2D eigenvalue weighted by atomic mass is 9.98. The number of fused-ring (bicyclic) bond motifs is 2. The molecule has 1 unspecified atom stereocenters. The number of benzene rings is 3. The van der Waals surface area contributed by atoms with Gasteiger partial charge in [0.1, 0.15) is 52.9 Å². The van der Waals surface area contributed by atoms with Gasteiger partial charge >= 0.3 is 0 Å². The number of phenols is 1. The Labute approximate surface area is 524 Å². The highest BCUT2D eigenvalue weighted by Gasteiger charge is 2.50. The molecule has 1 saturated carbocycles. The summed E-state index contributed by atoms with van der Waals surface area (Å²) in [7, 11) is 0. The van der Waals surface area contributed by atoms with Gasteiger partial charge in [0.15, 0.2) is 11.5 Å². The third kappa shape index (κ3) is 15.8. The maximum absolute atomic E-state index is 14.7. The van der Waals surface area contributed by atoms with Crippen LogP contribution in [0.15, 0.2) is 66.7 Å². The normalized spacial score (nSPS) is 27.4. The average Bonchev–Trinajstić information content (AvgIpc) is 2.18. The molecule has 5 heterocycles. The molecule has 16 N–H and O–H groups in total. The molecule has 0 radical (unpaired) electrons. The first-order valence-corrected chi connectivity index (χ1v) is 31.5. The van der Waals surface area contributed by atoms with E-state index < -0.39 is 152 Å². The zero-order valence-electron chi connectivity index (χ0n) is 50.3. The van der Waals surface area contributed by atoms with Crippen molar-refractivity contribution in [2.45, 2.75) is 144 Å². The number of aliphatic hydroxyl groups is 6. The summed E-state index contributed by atoms with van der Waals surface area (Å²) in [6.07, 6.45) is -6.62. The molecular formula is C61H83N13O15S. The van der Waals surface area contributed by atoms with E-state index >= 15 is 0 Å². The third-order valence-electron chi connectivity index (χ3n) is 17.5. The predicted octanol–water partition coefficient (Wildman–Crippen LogP) is -2.72. The lowest BCUT2D eigenvalue weighted by molar-refractivity contribution is -0.147. The van der Waals surface area contributed by atoms with Crippen molar-refractivity contribution >= 4 is 58.4 Å². The first-order chi connectivity index (χ1) is 43.1. The van der Waals surface area contributed by atoms with Crippen LogP contribution in [0.3, 0.4) is 0 Å². The molecule has 4 saturated heterocycles. The highest BCUT2D eigenvalue weighted by molar-refractivity contribution is 7.17. The van der Waals surface area contributed by atoms with Crippen LogP contribution >= 0.6 is 11.3 Å². The van der Waals surface area contributed by atoms with Gasteiger partial charge in [0.25, 0.3) is 5.91 Å². The maximum Gasteiger partial charge on any atom is 0.251 e. The summed E-state index contributed by atoms with van der Waals surface area (Å²) in [5.74, 6) is -8.60. The molecule has 5 fully saturated rings. The van der Waals surface area contributed by atoms with Gasteiger partial charge < -0.3 is 93.2 Å². The lowest BCUT2D eigenvalue weighted by Crippen LogP contribution is -2.64. The third-order valence-corrected chi connectivity index (χ3v) is 18.5. The van der Waals surface area contributed by atoms with Gasteiger partial charge in [0, 0.05) is 106 Å². The second-order valence-corrected chi connectivity index (χ2v) is 25.0. The molecule has 1 aromatic heterocycles. The Bertz CT molecular complexity index is 3170. The van der Waals surface area contributed by atoms with Crippen LogP contribution in [-0.2, 0) is 35.2 Å². The minimum absolute atomic E-state index is 0.00285. The standard InChI is InChI=1S/C61H83N13O15S/c1-32-30-74-51(52(32)81)57(86)64-29-40(76)27-42(65-53(82)35-8-10-36(11-9-35)58-69-70-59(90-58)37-12-14-39(15-13-37)72-22-20-71(21-23-72)38-5-3-4-6-38)54(83)66-48(33(2)75)60(87)73-31-41(77)28-43(73)55(84)67-49(56(85)68-50(61(74)88)45(79)17-18-62)46(80)25-34-7-16-44(78)47(26-34)89-24-19-63/h7-16,26,32-33,38,40-43,45-46,48-52,75-81H,3-6,17-25,27-31,62-63H2,1-2H3,(H,64,86)(H,65,82)(H,66,83)(H,67,84)(H,68,85)/t32-,33+,40+,41+,42?,43-,45+,46+,48-,49-,50-,51-,52-/m0/s1. The van der Waals surface area contributed by atoms with Crippen LogP contribution in [0, 0.1) is 5.92 Å². The number of aromatic hydroxyl groups is 1. The highest BCUT2D eigenvalue weighted by atomic mass is 32.1. The van der Waals surface area contributed by atoms with Gasteiger partial charge in [-0.15, -0.1) is 10.2 Å². The predicted molar refractivity (Wildman–Crippen MR) is 328 cm³/mol. The molecule has 4 aliphatic heterocycles. The summed E-state index contributed by atoms with van der Waals surface area (Å²) < 4.78 is 5.52. The van der Waals surface area contributed by atoms with Crippen molar-refractivity contribution in [3.63, 3.8) is 0 Å². The SMILES string of the molecule is C[C@@H](O)[C@@H]1NC(=O)C(NC(=O)c2ccc(-c3nnc(-c4ccc(N5CCN(C6CCCC6)CC5)cc4)s3)cc2)C[C@@H](O)CNC(=O)[C@@H]2[C@@H](O)[C@@H](C)CN2C(=O)[C@H]([C@H](O)CCN)NC(=O)[C@H]([C@H](O)Cc2ccc(O)c(OCCN)c2)NC(=O)[C@@H]2C[C@@H](O)CN2C1=O. The van der Waals surface area contributed by atoms with Crippen molar-refractivity contribution in [2.75, 3.05) is 70.4 Å². The van der Waals surface area contributed by atoms with Crippen LogP contribution in [0.4, 0.5) is 5.69 Å². The van der Waals surface area contributed by atoms with Crippen molar-refractivity contribution in [3.8, 4) is 32.6 Å². The Morgan fingerprint density at radius 3 is 2.01 bits per heavy atom. The number of amides is 7. The Hall–Kier alpha value is -7.45. The Kier molecular flexibility index (Phi) is 22.4. The number of hydrogen-bond donors (Lipinski definition) is 14. The van der Waals surface area contributed by atoms with Crippen molar-refractivity contribution < 1.29 is 74.0 Å². The minimum Gasteiger partial charge on any atom is -0.504 e. The van der Waals surface area contributed by atoms with Gasteiger partial charge in [-0.25, -0.2) is 0 Å². The van der Waals surface area contributed by atoms with Gasteiger partial charge in [0.05, 0.1) is 36.6 Å². The quantitative estimate of drug-likeness (QED) is 0.0542. The topological polar surface area (TPSA) is 421 Å². The van der Waals surface area contributed by atoms with E-state index in [0.29, 0.717) is 21.6 Å². The van der Waals surface area contributed by atoms with Gasteiger partial charge in [-0.3, -0.25) is 38.5 Å². The minimum atomic E-state index is -2.04. The number of hydrogen-bond acceptors (Lipinski definition) is 22. The number of nitrogens with one attached hydrogen (secondary N) is 5. The van der Waals surface area contributed by atoms with Crippen LogP contribution in [0.5, 0.6) is 11.5 Å². The summed E-state index contributed by atoms with van der Waals surface area (Å²) in [5, 5.41) is 102. The molecule has 0 bridgehead atoms. The monoisotopic (exact) mass is 1270 g/mol. The zero-order valence-corrected chi connectivity index (χ0v) is 51.1. The second-order valence-electron chi connectivity index (χ2n) is 24.0. The summed E-state index contributed by atoms with van der Waals surface area (Å²) >= 11 is 1.35. The van der Waals surface area contributed by atoms with E-state index in [0.717, 1.165) is 54.2 Å². The molecule has 29 heteroatoms. The largest absolute Gasteiger partial charge is 0.504 e. The smallest absolute Gasteiger partial charge is 0.251 e. The summed E-state index contributed by atoms with van der Waals surface area (Å²) in [5.41, 5.74) is 14.4. The van der Waals surface area contributed by atoms with Gasteiger partial charge in [0.2, 0.25) is 35.4 Å². The number of piperazine rings is 1. The Morgan fingerprint density at radius 2 is 1.37 bits per heavy atom. The lowest BCUT2D eigenvalue weighted by Gasteiger charge is -2.39. The average molecular weight is 1270 g/mol. The first-order valence-electron chi connectivity index (χ1n) is 30.7. The second kappa shape index (κ2) is 30.1. The van der Waals surface area contributed by atoms with Crippen LogP contribution in [0.1, 0.15) is 74.7 Å². The molecule has 488 valence electrons. The van der Waals surface area contributed by atoms with Crippen LogP contribution in [0.2, 0.25) is 0 Å². The number of rotatable bonds is 16. The fraction of sp³-hybridized carbons (Fsp3) is 0.557. The van der Waals surface area contributed by atoms with Gasteiger partial charge in [-0.2, -0.15) is 0 Å². The number of carbonyl (C=O) groups is 7. The van der Waals surface area contributed by atoms with Crippen LogP contribution < -0.4 is 47.7 Å². The number of nitrogens with zero attached hydrogens (tertiary/aromatic N) is 6. The number of aliphatic hydroxyl groups excluding tert-OH is 6. The van der Waals surface area contributed by atoms with Crippen LogP contribution in [-0.4, -0.2) is 246 Å². The van der Waals surface area contributed by atoms with E-state index in [1.807, 2.05) is 12.1 Å². The number of carbonyl (C=O) groups excluding carboxylic acids is 7. The number of nitrogens with two attached hydrogens (primary N) is 2. The van der Waals surface area contributed by atoms with E-state index in [4.69, 9.17) is 16.2 Å². The van der Waals surface area contributed by atoms with Crippen molar-refractivity contribution in [1.29, 1.82) is 0 Å². The molecule has 90 heavy (non-hydrogen) atoms. The fourth-order valence-electron chi connectivity index (χ4n) is 12.5. The molecule has 4 aromatic rings. The molecule has 0 spiro atoms. The van der Waals surface area contributed by atoms with E-state index in [2.05, 4.69) is 58.7 Å². The van der Waals surface area contributed by atoms with E-state index in [1.54, 1.807) is 12.1 Å². The molecule has 13 atom stereocenters. The van der Waals surface area contributed by atoms with E-state index in [1.165, 1.54) is 74.3 Å². The summed E-state index contributed by atoms with van der Waals surface area (Å²) in [6.45, 7) is 5.11. The maximum atomic E-state index is 14.7. The molecule has 3 aromatic carbocycles. The molecular weight excluding hydrogens is 1190 g/mol. The van der Waals surface area contributed by atoms with Crippen molar-refractivity contribution in [1.82, 2.24) is 51.5 Å². The molecule has 7 amide bonds. The van der Waals surface area contributed by atoms with Crippen molar-refractivity contribution in [3.05, 3.63) is 77.9 Å². The Balaban J connectivity index is 0.961. The number of phenolic OH excluding ortho intramolecular Hbond substituents is 1. The number of anilines is 1. The number of aromatic nitrogens is 2. The van der Waals surface area contributed by atoms with Crippen molar-refractivity contribution in [2.24, 2.45) is 17.4 Å². The van der Waals surface area contributed by atoms with E-state index in [-0.39, 0.29) is 55.3 Å². The highest BCUT2D eigenvalue weighted by Crippen LogP contribution is 2.34. The summed E-state index contributed by atoms with van der Waals surface area (Å²) in [4.78, 5) is 108. The summed E-state index contributed by atoms with van der Waals surface area (Å²) in [6, 6.07) is 8.26.